The van der Waals surface area contributed by atoms with Gasteiger partial charge in [0.25, 0.3) is 0 Å². The molecule has 0 bridgehead atoms. The summed E-state index contributed by atoms with van der Waals surface area (Å²) < 4.78 is 12.8. The van der Waals surface area contributed by atoms with Crippen LogP contribution in [0.2, 0.25) is 0 Å². The lowest BCUT2D eigenvalue weighted by molar-refractivity contribution is -0.132. The van der Waals surface area contributed by atoms with Crippen LogP contribution in [0.4, 0.5) is 0 Å². The van der Waals surface area contributed by atoms with Crippen molar-refractivity contribution in [2.24, 2.45) is 0 Å². The number of hydrogen-bond acceptors (Lipinski definition) is 6. The number of amides is 1. The van der Waals surface area contributed by atoms with Gasteiger partial charge in [0, 0.05) is 44.4 Å². The molecule has 3 aromatic rings. The third-order valence-corrected chi connectivity index (χ3v) is 4.94. The Hall–Kier alpha value is -3.42. The molecule has 1 aromatic carbocycles. The fourth-order valence-corrected chi connectivity index (χ4v) is 3.37. The standard InChI is InChI=1S/C21H23N5O3/c1-28-18-5-2-4-16(14-18)15-21(27)25-12-8-17(9-13-25)29-20-7-6-19(23-24-20)26-11-3-10-22-26/h2-7,10-11,14,17H,8-9,12-13,15H2,1H3. The number of piperidine rings is 1. The minimum absolute atomic E-state index is 0.0284. The van der Waals surface area contributed by atoms with E-state index in [1.165, 1.54) is 0 Å². The lowest BCUT2D eigenvalue weighted by atomic mass is 10.1. The van der Waals surface area contributed by atoms with Crippen molar-refractivity contribution in [1.82, 2.24) is 24.9 Å². The van der Waals surface area contributed by atoms with E-state index in [2.05, 4.69) is 15.3 Å². The summed E-state index contributed by atoms with van der Waals surface area (Å²) in [6, 6.07) is 13.1. The quantitative estimate of drug-likeness (QED) is 0.639. The van der Waals surface area contributed by atoms with Gasteiger partial charge in [0.1, 0.15) is 11.9 Å². The number of benzene rings is 1. The van der Waals surface area contributed by atoms with Gasteiger partial charge in [0.05, 0.1) is 13.5 Å². The van der Waals surface area contributed by atoms with E-state index in [0.717, 1.165) is 24.2 Å². The maximum absolute atomic E-state index is 12.6. The van der Waals surface area contributed by atoms with Gasteiger partial charge < -0.3 is 14.4 Å². The van der Waals surface area contributed by atoms with Crippen molar-refractivity contribution in [2.45, 2.75) is 25.4 Å². The van der Waals surface area contributed by atoms with Gasteiger partial charge in [0.2, 0.25) is 11.8 Å². The molecule has 1 aliphatic rings. The summed E-state index contributed by atoms with van der Waals surface area (Å²) in [6.45, 7) is 1.35. The SMILES string of the molecule is COc1cccc(CC(=O)N2CCC(Oc3ccc(-n4cccn4)nn3)CC2)c1. The number of nitrogens with zero attached hydrogens (tertiary/aromatic N) is 5. The summed E-state index contributed by atoms with van der Waals surface area (Å²) in [5.74, 6) is 2.02. The first-order valence-corrected chi connectivity index (χ1v) is 9.62. The third-order valence-electron chi connectivity index (χ3n) is 4.94. The Kier molecular flexibility index (Phi) is 5.69. The minimum Gasteiger partial charge on any atom is -0.497 e. The first kappa shape index (κ1) is 18.9. The van der Waals surface area contributed by atoms with Crippen LogP contribution in [0, 0.1) is 0 Å². The summed E-state index contributed by atoms with van der Waals surface area (Å²) in [7, 11) is 1.63. The number of hydrogen-bond donors (Lipinski definition) is 0. The van der Waals surface area contributed by atoms with Crippen LogP contribution in [0.25, 0.3) is 5.82 Å². The lowest BCUT2D eigenvalue weighted by Gasteiger charge is -2.32. The number of ether oxygens (including phenoxy) is 2. The predicted molar refractivity (Wildman–Crippen MR) is 106 cm³/mol. The zero-order valence-corrected chi connectivity index (χ0v) is 16.3. The molecule has 4 rings (SSSR count). The van der Waals surface area contributed by atoms with E-state index in [4.69, 9.17) is 9.47 Å². The van der Waals surface area contributed by atoms with Crippen molar-refractivity contribution in [3.63, 3.8) is 0 Å². The molecule has 0 spiro atoms. The molecular formula is C21H23N5O3. The number of likely N-dealkylation sites (tertiary alicyclic amines) is 1. The van der Waals surface area contributed by atoms with Crippen LogP contribution in [0.1, 0.15) is 18.4 Å². The molecule has 8 heteroatoms. The average Bonchev–Trinajstić information content (AvgIpc) is 3.30. The number of carbonyl (C=O) groups excluding carboxylic acids is 1. The van der Waals surface area contributed by atoms with Gasteiger partial charge in [-0.1, -0.05) is 12.1 Å². The van der Waals surface area contributed by atoms with E-state index in [0.29, 0.717) is 31.2 Å². The topological polar surface area (TPSA) is 82.4 Å². The fraction of sp³-hybridized carbons (Fsp3) is 0.333. The smallest absolute Gasteiger partial charge is 0.233 e. The Bertz CT molecular complexity index is 935. The fourth-order valence-electron chi connectivity index (χ4n) is 3.37. The van der Waals surface area contributed by atoms with E-state index in [-0.39, 0.29) is 12.0 Å². The monoisotopic (exact) mass is 393 g/mol. The highest BCUT2D eigenvalue weighted by molar-refractivity contribution is 5.79. The molecule has 0 unspecified atom stereocenters. The second kappa shape index (κ2) is 8.72. The zero-order valence-electron chi connectivity index (χ0n) is 16.3. The van der Waals surface area contributed by atoms with Crippen LogP contribution in [-0.4, -0.2) is 57.1 Å². The molecular weight excluding hydrogens is 370 g/mol. The van der Waals surface area contributed by atoms with E-state index in [1.54, 1.807) is 24.1 Å². The highest BCUT2D eigenvalue weighted by Gasteiger charge is 2.24. The average molecular weight is 393 g/mol. The number of aromatic nitrogens is 4. The molecule has 0 radical (unpaired) electrons. The number of methoxy groups -OCH3 is 1. The van der Waals surface area contributed by atoms with Crippen molar-refractivity contribution < 1.29 is 14.3 Å². The van der Waals surface area contributed by atoms with Crippen LogP contribution in [0.3, 0.4) is 0 Å². The van der Waals surface area contributed by atoms with Gasteiger partial charge in [0.15, 0.2) is 5.82 Å². The van der Waals surface area contributed by atoms with Crippen molar-refractivity contribution in [3.8, 4) is 17.4 Å². The highest BCUT2D eigenvalue weighted by Crippen LogP contribution is 2.19. The van der Waals surface area contributed by atoms with E-state index in [9.17, 15) is 4.79 Å². The summed E-state index contributed by atoms with van der Waals surface area (Å²) in [5.41, 5.74) is 0.959. The van der Waals surface area contributed by atoms with E-state index < -0.39 is 0 Å². The third kappa shape index (κ3) is 4.71. The molecule has 3 heterocycles. The van der Waals surface area contributed by atoms with Gasteiger partial charge in [-0.15, -0.1) is 10.2 Å². The molecule has 1 aliphatic heterocycles. The van der Waals surface area contributed by atoms with Crippen LogP contribution in [-0.2, 0) is 11.2 Å². The van der Waals surface area contributed by atoms with Crippen molar-refractivity contribution >= 4 is 5.91 Å². The minimum atomic E-state index is 0.0284. The predicted octanol–water partition coefficient (Wildman–Crippen LogP) is 2.28. The maximum atomic E-state index is 12.6. The van der Waals surface area contributed by atoms with E-state index in [1.807, 2.05) is 47.5 Å². The van der Waals surface area contributed by atoms with Crippen molar-refractivity contribution in [3.05, 3.63) is 60.4 Å². The molecule has 2 aromatic heterocycles. The van der Waals surface area contributed by atoms with Gasteiger partial charge in [-0.25, -0.2) is 4.68 Å². The normalized spacial score (nSPS) is 14.6. The Balaban J connectivity index is 1.27. The summed E-state index contributed by atoms with van der Waals surface area (Å²) >= 11 is 0. The summed E-state index contributed by atoms with van der Waals surface area (Å²) in [6.07, 6.45) is 5.45. The molecule has 1 fully saturated rings. The first-order chi connectivity index (χ1) is 14.2. The molecule has 0 atom stereocenters. The summed E-state index contributed by atoms with van der Waals surface area (Å²) in [5, 5.41) is 12.4. The number of carbonyl (C=O) groups is 1. The highest BCUT2D eigenvalue weighted by atomic mass is 16.5. The van der Waals surface area contributed by atoms with Crippen LogP contribution >= 0.6 is 0 Å². The molecule has 0 N–H and O–H groups in total. The first-order valence-electron chi connectivity index (χ1n) is 9.62. The maximum Gasteiger partial charge on any atom is 0.233 e. The number of rotatable bonds is 6. The Morgan fingerprint density at radius 2 is 2.00 bits per heavy atom. The van der Waals surface area contributed by atoms with Crippen LogP contribution in [0.5, 0.6) is 11.6 Å². The second-order valence-corrected chi connectivity index (χ2v) is 6.91. The Morgan fingerprint density at radius 3 is 2.69 bits per heavy atom. The van der Waals surface area contributed by atoms with Crippen molar-refractivity contribution in [1.29, 1.82) is 0 Å². The van der Waals surface area contributed by atoms with E-state index >= 15 is 0 Å². The molecule has 8 nitrogen and oxygen atoms in total. The molecule has 150 valence electrons. The summed E-state index contributed by atoms with van der Waals surface area (Å²) in [4.78, 5) is 14.5. The molecule has 1 amide bonds. The molecule has 1 saturated heterocycles. The largest absolute Gasteiger partial charge is 0.497 e. The molecule has 29 heavy (non-hydrogen) atoms. The second-order valence-electron chi connectivity index (χ2n) is 6.91. The molecule has 0 aliphatic carbocycles. The van der Waals surface area contributed by atoms with Gasteiger partial charge >= 0.3 is 0 Å². The lowest BCUT2D eigenvalue weighted by Crippen LogP contribution is -2.42. The van der Waals surface area contributed by atoms with Gasteiger partial charge in [-0.2, -0.15) is 5.10 Å². The molecule has 0 saturated carbocycles. The zero-order chi connectivity index (χ0) is 20.1. The van der Waals surface area contributed by atoms with Crippen LogP contribution in [0.15, 0.2) is 54.9 Å². The van der Waals surface area contributed by atoms with Gasteiger partial charge in [-0.05, 0) is 29.8 Å². The Labute approximate surface area is 169 Å². The van der Waals surface area contributed by atoms with Crippen LogP contribution < -0.4 is 9.47 Å². The van der Waals surface area contributed by atoms with Crippen molar-refractivity contribution in [2.75, 3.05) is 20.2 Å². The Morgan fingerprint density at radius 1 is 1.14 bits per heavy atom. The van der Waals surface area contributed by atoms with Gasteiger partial charge in [-0.3, -0.25) is 4.79 Å².